The van der Waals surface area contributed by atoms with Crippen molar-refractivity contribution in [3.05, 3.63) is 28.7 Å². The van der Waals surface area contributed by atoms with Crippen LogP contribution in [0.2, 0.25) is 0 Å². The zero-order valence-corrected chi connectivity index (χ0v) is 17.7. The molecule has 1 saturated carbocycles. The van der Waals surface area contributed by atoms with Crippen LogP contribution < -0.4 is 10.5 Å². The van der Waals surface area contributed by atoms with Gasteiger partial charge in [-0.2, -0.15) is 0 Å². The zero-order chi connectivity index (χ0) is 18.0. The Morgan fingerprint density at radius 3 is 2.48 bits per heavy atom. The number of ether oxygens (including phenoxy) is 2. The number of benzene rings is 1. The van der Waals surface area contributed by atoms with Gasteiger partial charge in [-0.15, -0.1) is 12.4 Å². The van der Waals surface area contributed by atoms with E-state index in [1.165, 1.54) is 0 Å². The van der Waals surface area contributed by atoms with Crippen molar-refractivity contribution in [2.45, 2.75) is 38.8 Å². The fraction of sp³-hybridized carbons (Fsp3) is 0.611. The lowest BCUT2D eigenvalue weighted by Gasteiger charge is -2.58. The van der Waals surface area contributed by atoms with Gasteiger partial charge in [0, 0.05) is 30.0 Å². The highest BCUT2D eigenvalue weighted by molar-refractivity contribution is 9.10. The molecule has 0 spiro atoms. The van der Waals surface area contributed by atoms with E-state index < -0.39 is 5.54 Å². The second kappa shape index (κ2) is 8.71. The van der Waals surface area contributed by atoms with Crippen molar-refractivity contribution in [3.8, 4) is 5.75 Å². The fourth-order valence-corrected chi connectivity index (χ4v) is 3.34. The van der Waals surface area contributed by atoms with E-state index in [0.717, 1.165) is 10.2 Å². The molecule has 2 rings (SSSR count). The highest BCUT2D eigenvalue weighted by Crippen LogP contribution is 2.50. The Balaban J connectivity index is 0.00000312. The van der Waals surface area contributed by atoms with E-state index in [1.807, 2.05) is 45.0 Å². The Hall–Kier alpha value is -0.820. The van der Waals surface area contributed by atoms with Gasteiger partial charge in [-0.3, -0.25) is 4.79 Å². The first-order chi connectivity index (χ1) is 11.2. The number of carbonyl (C=O) groups excluding carboxylic acids is 1. The van der Waals surface area contributed by atoms with Crippen LogP contribution in [0, 0.1) is 5.41 Å². The molecular weight excluding hydrogens is 408 g/mol. The summed E-state index contributed by atoms with van der Waals surface area (Å²) in [5.74, 6) is 0.727. The van der Waals surface area contributed by atoms with Gasteiger partial charge in [-0.1, -0.05) is 29.8 Å². The second-order valence-corrected chi connectivity index (χ2v) is 7.79. The average molecular weight is 436 g/mol. The van der Waals surface area contributed by atoms with Crippen LogP contribution in [0.4, 0.5) is 0 Å². The molecule has 0 saturated heterocycles. The largest absolute Gasteiger partial charge is 0.492 e. The summed E-state index contributed by atoms with van der Waals surface area (Å²) in [7, 11) is 1.77. The third kappa shape index (κ3) is 4.48. The molecule has 1 fully saturated rings. The number of likely N-dealkylation sites (N-methyl/N-ethyl adjacent to an activating group) is 1. The smallest absolute Gasteiger partial charge is 0.243 e. The molecule has 2 N–H and O–H groups in total. The first-order valence-electron chi connectivity index (χ1n) is 8.26. The molecule has 0 aromatic heterocycles. The molecule has 1 aliphatic carbocycles. The first-order valence-corrected chi connectivity index (χ1v) is 9.06. The molecule has 0 aliphatic heterocycles. The van der Waals surface area contributed by atoms with Crippen LogP contribution in [0.25, 0.3) is 0 Å². The number of hydrogen-bond donors (Lipinski definition) is 1. The van der Waals surface area contributed by atoms with E-state index in [2.05, 4.69) is 15.9 Å². The molecule has 142 valence electrons. The van der Waals surface area contributed by atoms with Gasteiger partial charge >= 0.3 is 0 Å². The third-order valence-electron chi connectivity index (χ3n) is 5.07. The molecule has 1 aliphatic rings. The molecule has 2 atom stereocenters. The summed E-state index contributed by atoms with van der Waals surface area (Å²) in [6.45, 7) is 7.51. The molecule has 5 nitrogen and oxygen atoms in total. The summed E-state index contributed by atoms with van der Waals surface area (Å²) >= 11 is 3.39. The van der Waals surface area contributed by atoms with E-state index in [4.69, 9.17) is 15.2 Å². The van der Waals surface area contributed by atoms with Crippen molar-refractivity contribution in [1.82, 2.24) is 4.90 Å². The highest BCUT2D eigenvalue weighted by Gasteiger charge is 2.63. The number of nitrogens with zero attached hydrogens (tertiary/aromatic N) is 1. The van der Waals surface area contributed by atoms with Gasteiger partial charge < -0.3 is 20.1 Å². The Labute approximate surface area is 164 Å². The maximum Gasteiger partial charge on any atom is 0.243 e. The quantitative estimate of drug-likeness (QED) is 0.714. The van der Waals surface area contributed by atoms with Crippen LogP contribution in [0.3, 0.4) is 0 Å². The van der Waals surface area contributed by atoms with E-state index in [-0.39, 0.29) is 29.8 Å². The Morgan fingerprint density at radius 2 is 1.96 bits per heavy atom. The standard InChI is InChI=1S/C18H27BrN2O3.ClH/c1-5-23-15-12-18(20,17(15,2)3)16(22)21(4)10-11-24-14-8-6-13(19)7-9-14;/h6-9,15H,5,10-12,20H2,1-4H3;1H. The molecule has 0 heterocycles. The summed E-state index contributed by atoms with van der Waals surface area (Å²) in [6.07, 6.45) is 0.591. The normalized spacial score (nSPS) is 24.0. The van der Waals surface area contributed by atoms with E-state index in [1.54, 1.807) is 11.9 Å². The number of halogens is 2. The number of amides is 1. The topological polar surface area (TPSA) is 64.8 Å². The molecule has 1 amide bonds. The van der Waals surface area contributed by atoms with Crippen molar-refractivity contribution in [2.75, 3.05) is 26.8 Å². The Bertz CT molecular complexity index is 582. The third-order valence-corrected chi connectivity index (χ3v) is 5.60. The zero-order valence-electron chi connectivity index (χ0n) is 15.3. The number of nitrogens with two attached hydrogens (primary N) is 1. The molecule has 1 aromatic rings. The molecule has 2 unspecified atom stereocenters. The minimum Gasteiger partial charge on any atom is -0.492 e. The summed E-state index contributed by atoms with van der Waals surface area (Å²) < 4.78 is 12.4. The lowest BCUT2D eigenvalue weighted by molar-refractivity contribution is -0.178. The molecular formula is C18H28BrClN2O3. The van der Waals surface area contributed by atoms with Gasteiger partial charge in [0.15, 0.2) is 0 Å². The van der Waals surface area contributed by atoms with Gasteiger partial charge in [-0.05, 0) is 31.2 Å². The predicted molar refractivity (Wildman–Crippen MR) is 105 cm³/mol. The summed E-state index contributed by atoms with van der Waals surface area (Å²) in [6, 6.07) is 7.61. The van der Waals surface area contributed by atoms with Crippen molar-refractivity contribution in [3.63, 3.8) is 0 Å². The molecule has 7 heteroatoms. The predicted octanol–water partition coefficient (Wildman–Crippen LogP) is 3.24. The Kier molecular flexibility index (Phi) is 7.74. The molecule has 1 aromatic carbocycles. The molecule has 0 radical (unpaired) electrons. The van der Waals surface area contributed by atoms with Crippen LogP contribution in [0.5, 0.6) is 5.75 Å². The minimum absolute atomic E-state index is 0. The van der Waals surface area contributed by atoms with Gasteiger partial charge in [-0.25, -0.2) is 0 Å². The lowest BCUT2D eigenvalue weighted by atomic mass is 9.54. The van der Waals surface area contributed by atoms with Crippen LogP contribution in [0.15, 0.2) is 28.7 Å². The second-order valence-electron chi connectivity index (χ2n) is 6.87. The van der Waals surface area contributed by atoms with Crippen LogP contribution in [-0.4, -0.2) is 49.3 Å². The number of carbonyl (C=O) groups is 1. The maximum atomic E-state index is 12.8. The molecule has 25 heavy (non-hydrogen) atoms. The van der Waals surface area contributed by atoms with Crippen LogP contribution in [0.1, 0.15) is 27.2 Å². The number of rotatable bonds is 7. The summed E-state index contributed by atoms with van der Waals surface area (Å²) in [5.41, 5.74) is 5.18. The van der Waals surface area contributed by atoms with Crippen molar-refractivity contribution >= 4 is 34.2 Å². The maximum absolute atomic E-state index is 12.8. The fourth-order valence-electron chi connectivity index (χ4n) is 3.07. The van der Waals surface area contributed by atoms with E-state index >= 15 is 0 Å². The Morgan fingerprint density at radius 1 is 1.36 bits per heavy atom. The van der Waals surface area contributed by atoms with Crippen LogP contribution in [-0.2, 0) is 9.53 Å². The van der Waals surface area contributed by atoms with Crippen molar-refractivity contribution in [2.24, 2.45) is 11.1 Å². The SMILES string of the molecule is CCOC1CC(N)(C(=O)N(C)CCOc2ccc(Br)cc2)C1(C)C.Cl. The van der Waals surface area contributed by atoms with Gasteiger partial charge in [0.05, 0.1) is 12.6 Å². The lowest BCUT2D eigenvalue weighted by Crippen LogP contribution is -2.75. The minimum atomic E-state index is -0.876. The first kappa shape index (κ1) is 22.2. The highest BCUT2D eigenvalue weighted by atomic mass is 79.9. The van der Waals surface area contributed by atoms with Crippen molar-refractivity contribution in [1.29, 1.82) is 0 Å². The molecule has 0 bridgehead atoms. The number of hydrogen-bond acceptors (Lipinski definition) is 4. The van der Waals surface area contributed by atoms with Crippen molar-refractivity contribution < 1.29 is 14.3 Å². The van der Waals surface area contributed by atoms with Gasteiger partial charge in [0.2, 0.25) is 5.91 Å². The van der Waals surface area contributed by atoms with Crippen LogP contribution >= 0.6 is 28.3 Å². The van der Waals surface area contributed by atoms with E-state index in [0.29, 0.717) is 26.2 Å². The summed E-state index contributed by atoms with van der Waals surface area (Å²) in [5, 5.41) is 0. The van der Waals surface area contributed by atoms with E-state index in [9.17, 15) is 4.79 Å². The van der Waals surface area contributed by atoms with Gasteiger partial charge in [0.25, 0.3) is 0 Å². The van der Waals surface area contributed by atoms with Gasteiger partial charge in [0.1, 0.15) is 17.9 Å². The average Bonchev–Trinajstić information content (AvgIpc) is 2.55. The monoisotopic (exact) mass is 434 g/mol. The summed E-state index contributed by atoms with van der Waals surface area (Å²) in [4.78, 5) is 14.4.